The maximum atomic E-state index is 12.9. The SMILES string of the molecule is COCCN(CCN)C(=O)C1C2CC3CC(C2)CC1C3. The third-order valence-corrected chi connectivity index (χ3v) is 5.79. The van der Waals surface area contributed by atoms with Gasteiger partial charge in [-0.25, -0.2) is 0 Å². The van der Waals surface area contributed by atoms with Gasteiger partial charge in [0.2, 0.25) is 5.91 Å². The van der Waals surface area contributed by atoms with Crippen molar-refractivity contribution in [1.29, 1.82) is 0 Å². The summed E-state index contributed by atoms with van der Waals surface area (Å²) >= 11 is 0. The Morgan fingerprint density at radius 1 is 1.10 bits per heavy atom. The van der Waals surface area contributed by atoms with Gasteiger partial charge in [0.1, 0.15) is 0 Å². The first kappa shape index (κ1) is 14.3. The van der Waals surface area contributed by atoms with Crippen LogP contribution in [0.4, 0.5) is 0 Å². The van der Waals surface area contributed by atoms with E-state index < -0.39 is 0 Å². The highest BCUT2D eigenvalue weighted by atomic mass is 16.5. The first-order valence-electron chi connectivity index (χ1n) is 8.20. The molecule has 0 spiro atoms. The van der Waals surface area contributed by atoms with Crippen LogP contribution in [0, 0.1) is 29.6 Å². The second-order valence-corrected chi connectivity index (χ2v) is 7.06. The van der Waals surface area contributed by atoms with E-state index in [0.717, 1.165) is 11.8 Å². The van der Waals surface area contributed by atoms with Crippen LogP contribution in [0.1, 0.15) is 32.1 Å². The zero-order chi connectivity index (χ0) is 14.1. The molecule has 0 atom stereocenters. The largest absolute Gasteiger partial charge is 0.383 e. The number of rotatable bonds is 6. The van der Waals surface area contributed by atoms with E-state index in [1.54, 1.807) is 7.11 Å². The molecule has 0 radical (unpaired) electrons. The summed E-state index contributed by atoms with van der Waals surface area (Å²) in [6.07, 6.45) is 6.62. The van der Waals surface area contributed by atoms with Gasteiger partial charge in [-0.05, 0) is 55.8 Å². The number of methoxy groups -OCH3 is 1. The zero-order valence-electron chi connectivity index (χ0n) is 12.6. The van der Waals surface area contributed by atoms with Crippen molar-refractivity contribution < 1.29 is 9.53 Å². The quantitative estimate of drug-likeness (QED) is 0.802. The molecule has 4 rings (SSSR count). The van der Waals surface area contributed by atoms with E-state index in [9.17, 15) is 4.79 Å². The molecule has 114 valence electrons. The molecule has 0 aliphatic heterocycles. The number of hydrogen-bond donors (Lipinski definition) is 1. The molecule has 4 aliphatic carbocycles. The standard InChI is InChI=1S/C16H28N2O2/c1-20-5-4-18(3-2-17)16(19)15-13-7-11-6-12(9-13)10-14(15)8-11/h11-15H,2-10,17H2,1H3. The van der Waals surface area contributed by atoms with Gasteiger partial charge in [0.15, 0.2) is 0 Å². The zero-order valence-corrected chi connectivity index (χ0v) is 12.6. The Labute approximate surface area is 122 Å². The lowest BCUT2D eigenvalue weighted by Crippen LogP contribution is -2.53. The fraction of sp³-hybridized carbons (Fsp3) is 0.938. The number of nitrogens with two attached hydrogens (primary N) is 1. The van der Waals surface area contributed by atoms with Crippen molar-refractivity contribution in [2.24, 2.45) is 35.3 Å². The summed E-state index contributed by atoms with van der Waals surface area (Å²) in [5, 5.41) is 0. The van der Waals surface area contributed by atoms with E-state index in [-0.39, 0.29) is 5.92 Å². The Bertz CT molecular complexity index is 330. The normalized spacial score (nSPS) is 38.2. The smallest absolute Gasteiger partial charge is 0.226 e. The lowest BCUT2D eigenvalue weighted by atomic mass is 9.51. The molecule has 2 N–H and O–H groups in total. The van der Waals surface area contributed by atoms with E-state index in [0.29, 0.717) is 44.0 Å². The van der Waals surface area contributed by atoms with Gasteiger partial charge in [-0.1, -0.05) is 0 Å². The molecule has 4 saturated carbocycles. The highest BCUT2D eigenvalue weighted by Gasteiger charge is 2.51. The summed E-state index contributed by atoms with van der Waals surface area (Å²) in [6, 6.07) is 0. The molecule has 0 heterocycles. The molecule has 4 nitrogen and oxygen atoms in total. The Morgan fingerprint density at radius 3 is 2.20 bits per heavy atom. The predicted octanol–water partition coefficient (Wildman–Crippen LogP) is 1.49. The minimum atomic E-state index is 0.284. The van der Waals surface area contributed by atoms with Gasteiger partial charge in [0, 0.05) is 32.7 Å². The fourth-order valence-corrected chi connectivity index (χ4v) is 5.23. The van der Waals surface area contributed by atoms with Crippen LogP contribution in [-0.2, 0) is 9.53 Å². The highest BCUT2D eigenvalue weighted by molar-refractivity contribution is 5.80. The molecule has 0 aromatic rings. The number of amides is 1. The molecular weight excluding hydrogens is 252 g/mol. The molecule has 4 fully saturated rings. The van der Waals surface area contributed by atoms with Crippen molar-refractivity contribution in [3.63, 3.8) is 0 Å². The summed E-state index contributed by atoms with van der Waals surface area (Å²) in [4.78, 5) is 14.9. The van der Waals surface area contributed by atoms with Gasteiger partial charge in [0.25, 0.3) is 0 Å². The molecule has 0 aromatic carbocycles. The second-order valence-electron chi connectivity index (χ2n) is 7.06. The van der Waals surface area contributed by atoms with Crippen LogP contribution in [0.15, 0.2) is 0 Å². The van der Waals surface area contributed by atoms with E-state index in [4.69, 9.17) is 10.5 Å². The third kappa shape index (κ3) is 2.60. The summed E-state index contributed by atoms with van der Waals surface area (Å²) < 4.78 is 5.14. The predicted molar refractivity (Wildman–Crippen MR) is 78.0 cm³/mol. The number of carbonyl (C=O) groups excluding carboxylic acids is 1. The van der Waals surface area contributed by atoms with Gasteiger partial charge >= 0.3 is 0 Å². The van der Waals surface area contributed by atoms with E-state index >= 15 is 0 Å². The van der Waals surface area contributed by atoms with Gasteiger partial charge in [-0.3, -0.25) is 4.79 Å². The van der Waals surface area contributed by atoms with E-state index in [2.05, 4.69) is 0 Å². The number of ether oxygens (including phenoxy) is 1. The lowest BCUT2D eigenvalue weighted by molar-refractivity contribution is -0.149. The number of hydrogen-bond acceptors (Lipinski definition) is 3. The van der Waals surface area contributed by atoms with Crippen molar-refractivity contribution >= 4 is 5.91 Å². The lowest BCUT2D eigenvalue weighted by Gasteiger charge is -2.54. The first-order chi connectivity index (χ1) is 9.72. The van der Waals surface area contributed by atoms with Crippen molar-refractivity contribution in [1.82, 2.24) is 4.90 Å². The van der Waals surface area contributed by atoms with Crippen molar-refractivity contribution in [2.75, 3.05) is 33.4 Å². The average Bonchev–Trinajstić information content (AvgIpc) is 2.42. The highest BCUT2D eigenvalue weighted by Crippen LogP contribution is 2.56. The summed E-state index contributed by atoms with van der Waals surface area (Å²) in [5.74, 6) is 3.79. The molecule has 4 bridgehead atoms. The van der Waals surface area contributed by atoms with E-state index in [1.807, 2.05) is 4.90 Å². The Hall–Kier alpha value is -0.610. The molecular formula is C16H28N2O2. The summed E-state index contributed by atoms with van der Waals surface area (Å²) in [7, 11) is 1.69. The minimum Gasteiger partial charge on any atom is -0.383 e. The van der Waals surface area contributed by atoms with Gasteiger partial charge in [-0.2, -0.15) is 0 Å². The molecule has 4 heteroatoms. The van der Waals surface area contributed by atoms with Crippen molar-refractivity contribution in [3.8, 4) is 0 Å². The minimum absolute atomic E-state index is 0.284. The topological polar surface area (TPSA) is 55.6 Å². The Morgan fingerprint density at radius 2 is 1.70 bits per heavy atom. The van der Waals surface area contributed by atoms with Crippen LogP contribution in [0.3, 0.4) is 0 Å². The van der Waals surface area contributed by atoms with Crippen LogP contribution in [-0.4, -0.2) is 44.2 Å². The summed E-state index contributed by atoms with van der Waals surface area (Å²) in [5.41, 5.74) is 5.68. The first-order valence-corrected chi connectivity index (χ1v) is 8.20. The van der Waals surface area contributed by atoms with Crippen LogP contribution in [0.5, 0.6) is 0 Å². The number of carbonyl (C=O) groups is 1. The van der Waals surface area contributed by atoms with E-state index in [1.165, 1.54) is 32.1 Å². The molecule has 20 heavy (non-hydrogen) atoms. The average molecular weight is 280 g/mol. The monoisotopic (exact) mass is 280 g/mol. The maximum Gasteiger partial charge on any atom is 0.226 e. The molecule has 4 aliphatic rings. The molecule has 0 aromatic heterocycles. The van der Waals surface area contributed by atoms with Crippen LogP contribution >= 0.6 is 0 Å². The van der Waals surface area contributed by atoms with Crippen molar-refractivity contribution in [2.45, 2.75) is 32.1 Å². The third-order valence-electron chi connectivity index (χ3n) is 5.79. The van der Waals surface area contributed by atoms with Crippen LogP contribution in [0.25, 0.3) is 0 Å². The Balaban J connectivity index is 1.68. The molecule has 0 unspecified atom stereocenters. The fourth-order valence-electron chi connectivity index (χ4n) is 5.23. The van der Waals surface area contributed by atoms with Gasteiger partial charge in [0.05, 0.1) is 6.61 Å². The maximum absolute atomic E-state index is 12.9. The Kier molecular flexibility index (Phi) is 4.32. The second kappa shape index (κ2) is 6.02. The van der Waals surface area contributed by atoms with Crippen LogP contribution in [0.2, 0.25) is 0 Å². The summed E-state index contributed by atoms with van der Waals surface area (Å²) in [6.45, 7) is 2.52. The van der Waals surface area contributed by atoms with Gasteiger partial charge in [-0.15, -0.1) is 0 Å². The molecule has 1 amide bonds. The molecule has 0 saturated heterocycles. The number of nitrogens with zero attached hydrogens (tertiary/aromatic N) is 1. The van der Waals surface area contributed by atoms with Crippen LogP contribution < -0.4 is 5.73 Å². The van der Waals surface area contributed by atoms with Gasteiger partial charge < -0.3 is 15.4 Å². The van der Waals surface area contributed by atoms with Crippen molar-refractivity contribution in [3.05, 3.63) is 0 Å².